The highest BCUT2D eigenvalue weighted by molar-refractivity contribution is 5.67. The summed E-state index contributed by atoms with van der Waals surface area (Å²) in [4.78, 5) is 4.47. The van der Waals surface area contributed by atoms with Crippen molar-refractivity contribution in [3.05, 3.63) is 29.3 Å². The third-order valence-electron chi connectivity index (χ3n) is 2.68. The molecular weight excluding hydrogens is 158 g/mol. The van der Waals surface area contributed by atoms with Gasteiger partial charge in [0.25, 0.3) is 0 Å². The number of aryl methyl sites for hydroxylation is 1. The van der Waals surface area contributed by atoms with E-state index in [0.717, 1.165) is 6.42 Å². The van der Waals surface area contributed by atoms with Crippen LogP contribution in [0, 0.1) is 6.92 Å². The van der Waals surface area contributed by atoms with Crippen LogP contribution >= 0.6 is 0 Å². The van der Waals surface area contributed by atoms with Crippen LogP contribution < -0.4 is 0 Å². The van der Waals surface area contributed by atoms with Gasteiger partial charge in [-0.3, -0.25) is 4.99 Å². The van der Waals surface area contributed by atoms with E-state index in [2.05, 4.69) is 37.0 Å². The predicted molar refractivity (Wildman–Crippen MR) is 57.0 cm³/mol. The highest BCUT2D eigenvalue weighted by Gasteiger charge is 2.11. The van der Waals surface area contributed by atoms with E-state index in [1.54, 1.807) is 0 Å². The number of hydrogen-bond acceptors (Lipinski definition) is 1. The fourth-order valence-corrected chi connectivity index (χ4v) is 1.83. The monoisotopic (exact) mass is 173 g/mol. The van der Waals surface area contributed by atoms with Crippen molar-refractivity contribution in [2.75, 3.05) is 0 Å². The van der Waals surface area contributed by atoms with E-state index in [1.165, 1.54) is 23.2 Å². The molecular formula is C12H15N. The van der Waals surface area contributed by atoms with Gasteiger partial charge < -0.3 is 0 Å². The molecule has 1 heterocycles. The van der Waals surface area contributed by atoms with Crippen LogP contribution in [0.15, 0.2) is 23.2 Å². The zero-order valence-electron chi connectivity index (χ0n) is 8.25. The SMILES string of the molecule is Cc1ccc2c(c1)N=CCCC2C. The van der Waals surface area contributed by atoms with Gasteiger partial charge in [0.2, 0.25) is 0 Å². The van der Waals surface area contributed by atoms with Gasteiger partial charge in [-0.15, -0.1) is 0 Å². The van der Waals surface area contributed by atoms with Crippen molar-refractivity contribution in [1.29, 1.82) is 0 Å². The quantitative estimate of drug-likeness (QED) is 0.568. The zero-order chi connectivity index (χ0) is 9.26. The Morgan fingerprint density at radius 2 is 2.23 bits per heavy atom. The average molecular weight is 173 g/mol. The molecule has 1 heteroatoms. The molecule has 1 aliphatic heterocycles. The van der Waals surface area contributed by atoms with Gasteiger partial charge in [0, 0.05) is 6.21 Å². The van der Waals surface area contributed by atoms with Gasteiger partial charge in [-0.2, -0.15) is 0 Å². The van der Waals surface area contributed by atoms with Gasteiger partial charge >= 0.3 is 0 Å². The molecule has 0 amide bonds. The summed E-state index contributed by atoms with van der Waals surface area (Å²) in [5.41, 5.74) is 3.87. The molecule has 0 saturated heterocycles. The second kappa shape index (κ2) is 3.33. The first kappa shape index (κ1) is 8.49. The molecule has 1 aromatic rings. The third kappa shape index (κ3) is 1.64. The Labute approximate surface area is 79.5 Å². The minimum atomic E-state index is 0.651. The Morgan fingerprint density at radius 3 is 3.08 bits per heavy atom. The van der Waals surface area contributed by atoms with Crippen LogP contribution in [0.2, 0.25) is 0 Å². The fourth-order valence-electron chi connectivity index (χ4n) is 1.83. The molecule has 1 unspecified atom stereocenters. The summed E-state index contributed by atoms with van der Waals surface area (Å²) in [5, 5.41) is 0. The molecule has 0 spiro atoms. The van der Waals surface area contributed by atoms with Gasteiger partial charge in [-0.1, -0.05) is 19.1 Å². The summed E-state index contributed by atoms with van der Waals surface area (Å²) in [6.07, 6.45) is 4.37. The van der Waals surface area contributed by atoms with Gasteiger partial charge in [0.15, 0.2) is 0 Å². The molecule has 0 saturated carbocycles. The fraction of sp³-hybridized carbons (Fsp3) is 0.417. The minimum Gasteiger partial charge on any atom is -0.261 e. The molecule has 0 fully saturated rings. The first-order chi connectivity index (χ1) is 6.27. The highest BCUT2D eigenvalue weighted by Crippen LogP contribution is 2.32. The smallest absolute Gasteiger partial charge is 0.0663 e. The van der Waals surface area contributed by atoms with E-state index in [1.807, 2.05) is 6.21 Å². The Bertz CT molecular complexity index is 339. The number of fused-ring (bicyclic) bond motifs is 1. The van der Waals surface area contributed by atoms with Crippen LogP contribution in [0.25, 0.3) is 0 Å². The van der Waals surface area contributed by atoms with Crippen molar-refractivity contribution in [2.45, 2.75) is 32.6 Å². The maximum Gasteiger partial charge on any atom is 0.0663 e. The summed E-state index contributed by atoms with van der Waals surface area (Å²) in [7, 11) is 0. The van der Waals surface area contributed by atoms with Gasteiger partial charge in [-0.05, 0) is 42.9 Å². The lowest BCUT2D eigenvalue weighted by molar-refractivity contribution is 0.714. The Balaban J connectivity index is 2.51. The molecule has 13 heavy (non-hydrogen) atoms. The number of benzene rings is 1. The van der Waals surface area contributed by atoms with Gasteiger partial charge in [0.05, 0.1) is 5.69 Å². The van der Waals surface area contributed by atoms with Gasteiger partial charge in [-0.25, -0.2) is 0 Å². The Morgan fingerprint density at radius 1 is 1.38 bits per heavy atom. The predicted octanol–water partition coefficient (Wildman–Crippen LogP) is 3.59. The van der Waals surface area contributed by atoms with E-state index in [0.29, 0.717) is 5.92 Å². The molecule has 0 bridgehead atoms. The number of hydrogen-bond donors (Lipinski definition) is 0. The Kier molecular flexibility index (Phi) is 2.17. The van der Waals surface area contributed by atoms with Crippen LogP contribution in [-0.2, 0) is 0 Å². The van der Waals surface area contributed by atoms with Crippen molar-refractivity contribution < 1.29 is 0 Å². The van der Waals surface area contributed by atoms with Gasteiger partial charge in [0.1, 0.15) is 0 Å². The second-order valence-corrected chi connectivity index (χ2v) is 3.85. The van der Waals surface area contributed by atoms with Crippen LogP contribution in [0.4, 0.5) is 5.69 Å². The summed E-state index contributed by atoms with van der Waals surface area (Å²) < 4.78 is 0. The summed E-state index contributed by atoms with van der Waals surface area (Å²) in [5.74, 6) is 0.651. The molecule has 1 atom stereocenters. The van der Waals surface area contributed by atoms with E-state index in [-0.39, 0.29) is 0 Å². The number of aliphatic imine (C=N–C) groups is 1. The molecule has 0 radical (unpaired) electrons. The van der Waals surface area contributed by atoms with E-state index >= 15 is 0 Å². The van der Waals surface area contributed by atoms with E-state index < -0.39 is 0 Å². The second-order valence-electron chi connectivity index (χ2n) is 3.85. The maximum atomic E-state index is 4.47. The zero-order valence-corrected chi connectivity index (χ0v) is 8.25. The average Bonchev–Trinajstić information content (AvgIpc) is 2.28. The molecule has 1 aliphatic rings. The van der Waals surface area contributed by atoms with Crippen molar-refractivity contribution in [2.24, 2.45) is 4.99 Å². The number of rotatable bonds is 0. The molecule has 1 aromatic carbocycles. The molecule has 0 aliphatic carbocycles. The van der Waals surface area contributed by atoms with Crippen molar-refractivity contribution >= 4 is 11.9 Å². The number of nitrogens with zero attached hydrogens (tertiary/aromatic N) is 1. The van der Waals surface area contributed by atoms with E-state index in [9.17, 15) is 0 Å². The molecule has 68 valence electrons. The highest BCUT2D eigenvalue weighted by atomic mass is 14.7. The molecule has 0 N–H and O–H groups in total. The lowest BCUT2D eigenvalue weighted by atomic mass is 9.95. The molecule has 2 rings (SSSR count). The first-order valence-corrected chi connectivity index (χ1v) is 4.90. The summed E-state index contributed by atoms with van der Waals surface area (Å²) >= 11 is 0. The lowest BCUT2D eigenvalue weighted by Crippen LogP contribution is -1.92. The van der Waals surface area contributed by atoms with Crippen molar-refractivity contribution in [3.8, 4) is 0 Å². The van der Waals surface area contributed by atoms with Crippen LogP contribution in [-0.4, -0.2) is 6.21 Å². The third-order valence-corrected chi connectivity index (χ3v) is 2.68. The molecule has 1 nitrogen and oxygen atoms in total. The van der Waals surface area contributed by atoms with Crippen LogP contribution in [0.5, 0.6) is 0 Å². The molecule has 0 aromatic heterocycles. The maximum absolute atomic E-state index is 4.47. The standard InChI is InChI=1S/C12H15N/c1-9-5-6-11-10(2)4-3-7-13-12(11)8-9/h5-8,10H,3-4H2,1-2H3. The summed E-state index contributed by atoms with van der Waals surface area (Å²) in [6, 6.07) is 6.57. The van der Waals surface area contributed by atoms with Crippen LogP contribution in [0.1, 0.15) is 36.8 Å². The Hall–Kier alpha value is -1.11. The summed E-state index contributed by atoms with van der Waals surface area (Å²) in [6.45, 7) is 4.40. The normalized spacial score (nSPS) is 20.9. The van der Waals surface area contributed by atoms with Crippen molar-refractivity contribution in [1.82, 2.24) is 0 Å². The van der Waals surface area contributed by atoms with Crippen molar-refractivity contribution in [3.63, 3.8) is 0 Å². The largest absolute Gasteiger partial charge is 0.261 e. The minimum absolute atomic E-state index is 0.651. The topological polar surface area (TPSA) is 12.4 Å². The first-order valence-electron chi connectivity index (χ1n) is 4.90. The van der Waals surface area contributed by atoms with Crippen LogP contribution in [0.3, 0.4) is 0 Å². The van der Waals surface area contributed by atoms with E-state index in [4.69, 9.17) is 0 Å². The lowest BCUT2D eigenvalue weighted by Gasteiger charge is -2.10.